The summed E-state index contributed by atoms with van der Waals surface area (Å²) in [7, 11) is 0. The molecule has 1 saturated carbocycles. The van der Waals surface area contributed by atoms with Crippen LogP contribution in [0.4, 0.5) is 0 Å². The summed E-state index contributed by atoms with van der Waals surface area (Å²) in [5.74, 6) is 1.71. The number of rotatable bonds is 8. The van der Waals surface area contributed by atoms with E-state index in [2.05, 4.69) is 39.9 Å². The second-order valence-electron chi connectivity index (χ2n) is 6.98. The fourth-order valence-electron chi connectivity index (χ4n) is 3.76. The van der Waals surface area contributed by atoms with Crippen molar-refractivity contribution in [2.24, 2.45) is 17.3 Å². The Balaban J connectivity index is 2.52. The van der Waals surface area contributed by atoms with E-state index in [1.165, 1.54) is 32.1 Å². The van der Waals surface area contributed by atoms with Gasteiger partial charge in [-0.05, 0) is 56.4 Å². The quantitative estimate of drug-likeness (QED) is 0.665. The van der Waals surface area contributed by atoms with Gasteiger partial charge in [-0.25, -0.2) is 0 Å². The van der Waals surface area contributed by atoms with Crippen molar-refractivity contribution >= 4 is 0 Å². The first-order valence-corrected chi connectivity index (χ1v) is 8.32. The minimum absolute atomic E-state index is 0.435. The molecular formula is C17H35NO. The van der Waals surface area contributed by atoms with E-state index in [-0.39, 0.29) is 0 Å². The van der Waals surface area contributed by atoms with E-state index >= 15 is 0 Å². The molecule has 114 valence electrons. The molecule has 0 radical (unpaired) electrons. The summed E-state index contributed by atoms with van der Waals surface area (Å²) in [6.07, 6.45) is 6.63. The highest BCUT2D eigenvalue weighted by Crippen LogP contribution is 2.42. The highest BCUT2D eigenvalue weighted by Gasteiger charge is 2.38. The first-order valence-electron chi connectivity index (χ1n) is 8.32. The maximum atomic E-state index is 5.49. The van der Waals surface area contributed by atoms with Gasteiger partial charge in [0.25, 0.3) is 0 Å². The lowest BCUT2D eigenvalue weighted by Crippen LogP contribution is -2.46. The van der Waals surface area contributed by atoms with Crippen LogP contribution < -0.4 is 5.32 Å². The molecule has 3 atom stereocenters. The van der Waals surface area contributed by atoms with Gasteiger partial charge in [0.05, 0.1) is 0 Å². The van der Waals surface area contributed by atoms with Gasteiger partial charge in [-0.15, -0.1) is 0 Å². The second kappa shape index (κ2) is 8.26. The summed E-state index contributed by atoms with van der Waals surface area (Å²) < 4.78 is 5.49. The molecule has 1 aliphatic rings. The van der Waals surface area contributed by atoms with Crippen LogP contribution in [0.25, 0.3) is 0 Å². The highest BCUT2D eigenvalue weighted by molar-refractivity contribution is 4.91. The van der Waals surface area contributed by atoms with Gasteiger partial charge in [-0.3, -0.25) is 0 Å². The zero-order valence-corrected chi connectivity index (χ0v) is 13.8. The Morgan fingerprint density at radius 3 is 2.58 bits per heavy atom. The molecule has 3 unspecified atom stereocenters. The third-order valence-electron chi connectivity index (χ3n) is 4.90. The maximum Gasteiger partial charge on any atom is 0.0466 e. The first-order chi connectivity index (χ1) is 9.01. The minimum atomic E-state index is 0.435. The Morgan fingerprint density at radius 2 is 1.95 bits per heavy atom. The van der Waals surface area contributed by atoms with Gasteiger partial charge >= 0.3 is 0 Å². The molecule has 0 bridgehead atoms. The summed E-state index contributed by atoms with van der Waals surface area (Å²) in [6, 6.07) is 0.718. The molecule has 19 heavy (non-hydrogen) atoms. The van der Waals surface area contributed by atoms with Crippen molar-refractivity contribution in [2.45, 2.75) is 72.8 Å². The van der Waals surface area contributed by atoms with Crippen molar-refractivity contribution in [3.8, 4) is 0 Å². The van der Waals surface area contributed by atoms with Crippen molar-refractivity contribution < 1.29 is 4.74 Å². The summed E-state index contributed by atoms with van der Waals surface area (Å²) >= 11 is 0. The van der Waals surface area contributed by atoms with Crippen LogP contribution in [0.1, 0.15) is 66.7 Å². The van der Waals surface area contributed by atoms with Crippen molar-refractivity contribution in [1.82, 2.24) is 5.32 Å². The monoisotopic (exact) mass is 269 g/mol. The summed E-state index contributed by atoms with van der Waals surface area (Å²) in [5, 5.41) is 3.74. The Bertz CT molecular complexity index is 239. The molecular weight excluding hydrogens is 234 g/mol. The molecule has 0 amide bonds. The van der Waals surface area contributed by atoms with E-state index in [1.54, 1.807) is 0 Å². The van der Waals surface area contributed by atoms with E-state index in [9.17, 15) is 0 Å². The van der Waals surface area contributed by atoms with Crippen LogP contribution in [0.15, 0.2) is 0 Å². The van der Waals surface area contributed by atoms with Crippen LogP contribution in [-0.4, -0.2) is 25.8 Å². The molecule has 1 rings (SSSR count). The van der Waals surface area contributed by atoms with Gasteiger partial charge in [-0.1, -0.05) is 34.1 Å². The van der Waals surface area contributed by atoms with E-state index in [4.69, 9.17) is 4.74 Å². The van der Waals surface area contributed by atoms with E-state index in [1.807, 2.05) is 0 Å². The first kappa shape index (κ1) is 17.0. The molecule has 0 spiro atoms. The molecule has 1 N–H and O–H groups in total. The number of hydrogen-bond donors (Lipinski definition) is 1. The lowest BCUT2D eigenvalue weighted by Gasteiger charge is -2.45. The summed E-state index contributed by atoms with van der Waals surface area (Å²) in [5.41, 5.74) is 0.435. The summed E-state index contributed by atoms with van der Waals surface area (Å²) in [6.45, 7) is 14.5. The summed E-state index contributed by atoms with van der Waals surface area (Å²) in [4.78, 5) is 0. The Morgan fingerprint density at radius 1 is 1.21 bits per heavy atom. The Kier molecular flexibility index (Phi) is 7.38. The van der Waals surface area contributed by atoms with Gasteiger partial charge in [0, 0.05) is 19.3 Å². The minimum Gasteiger partial charge on any atom is -0.382 e. The van der Waals surface area contributed by atoms with Crippen molar-refractivity contribution in [2.75, 3.05) is 19.8 Å². The predicted molar refractivity (Wildman–Crippen MR) is 83.5 cm³/mol. The molecule has 0 aromatic carbocycles. The molecule has 2 nitrogen and oxygen atoms in total. The average molecular weight is 269 g/mol. The van der Waals surface area contributed by atoms with E-state index in [0.717, 1.165) is 37.6 Å². The predicted octanol–water partition coefficient (Wildman–Crippen LogP) is 4.24. The van der Waals surface area contributed by atoms with Crippen LogP contribution in [0, 0.1) is 17.3 Å². The second-order valence-corrected chi connectivity index (χ2v) is 6.98. The largest absolute Gasteiger partial charge is 0.382 e. The van der Waals surface area contributed by atoms with E-state index in [0.29, 0.717) is 5.41 Å². The third-order valence-corrected chi connectivity index (χ3v) is 4.90. The van der Waals surface area contributed by atoms with Crippen LogP contribution in [0.5, 0.6) is 0 Å². The Labute approximate surface area is 120 Å². The van der Waals surface area contributed by atoms with Crippen LogP contribution in [-0.2, 0) is 4.74 Å². The molecule has 0 aromatic rings. The fraction of sp³-hybridized carbons (Fsp3) is 1.00. The van der Waals surface area contributed by atoms with Gasteiger partial charge in [-0.2, -0.15) is 0 Å². The molecule has 0 aliphatic heterocycles. The molecule has 1 aliphatic carbocycles. The maximum absolute atomic E-state index is 5.49. The van der Waals surface area contributed by atoms with Crippen LogP contribution in [0.2, 0.25) is 0 Å². The van der Waals surface area contributed by atoms with Crippen LogP contribution in [0.3, 0.4) is 0 Å². The van der Waals surface area contributed by atoms with Gasteiger partial charge in [0.15, 0.2) is 0 Å². The normalized spacial score (nSPS) is 28.6. The lowest BCUT2D eigenvalue weighted by atomic mass is 9.64. The van der Waals surface area contributed by atoms with Gasteiger partial charge < -0.3 is 10.1 Å². The average Bonchev–Trinajstić information content (AvgIpc) is 2.35. The molecule has 1 fully saturated rings. The van der Waals surface area contributed by atoms with Crippen molar-refractivity contribution in [3.05, 3.63) is 0 Å². The number of ether oxygens (including phenoxy) is 1. The Hall–Kier alpha value is -0.0800. The van der Waals surface area contributed by atoms with Crippen molar-refractivity contribution in [1.29, 1.82) is 0 Å². The smallest absolute Gasteiger partial charge is 0.0466 e. The SMILES string of the molecule is CCNC1CC(C)CCC1C(C)(C)CCCOCC. The standard InChI is InChI=1S/C17H35NO/c1-6-18-16-13-14(3)9-10-15(16)17(4,5)11-8-12-19-7-2/h14-16,18H,6-13H2,1-5H3. The van der Waals surface area contributed by atoms with E-state index < -0.39 is 0 Å². The topological polar surface area (TPSA) is 21.3 Å². The molecule has 0 saturated heterocycles. The lowest BCUT2D eigenvalue weighted by molar-refractivity contribution is 0.0708. The van der Waals surface area contributed by atoms with Crippen molar-refractivity contribution in [3.63, 3.8) is 0 Å². The zero-order valence-electron chi connectivity index (χ0n) is 13.8. The van der Waals surface area contributed by atoms with Gasteiger partial charge in [0.2, 0.25) is 0 Å². The molecule has 0 heterocycles. The third kappa shape index (κ3) is 5.43. The highest BCUT2D eigenvalue weighted by atomic mass is 16.5. The number of nitrogens with one attached hydrogen (secondary N) is 1. The zero-order chi connectivity index (χ0) is 14.3. The van der Waals surface area contributed by atoms with Gasteiger partial charge in [0.1, 0.15) is 0 Å². The van der Waals surface area contributed by atoms with Crippen LogP contribution >= 0.6 is 0 Å². The number of hydrogen-bond acceptors (Lipinski definition) is 2. The fourth-order valence-corrected chi connectivity index (χ4v) is 3.76. The molecule has 2 heteroatoms. The molecule has 0 aromatic heterocycles.